The normalized spacial score (nSPS) is 15.2. The number of fused-ring (bicyclic) bond motifs is 1. The molecule has 0 spiro atoms. The van der Waals surface area contributed by atoms with Crippen molar-refractivity contribution in [2.45, 2.75) is 30.3 Å². The van der Waals surface area contributed by atoms with E-state index in [-0.39, 0.29) is 6.04 Å². The van der Waals surface area contributed by atoms with Gasteiger partial charge in [0, 0.05) is 36.6 Å². The zero-order chi connectivity index (χ0) is 16.7. The van der Waals surface area contributed by atoms with Crippen molar-refractivity contribution in [2.24, 2.45) is 7.05 Å². The van der Waals surface area contributed by atoms with Gasteiger partial charge in [-0.2, -0.15) is 4.31 Å². The summed E-state index contributed by atoms with van der Waals surface area (Å²) in [4.78, 5) is 4.61. The summed E-state index contributed by atoms with van der Waals surface area (Å²) >= 11 is 0. The van der Waals surface area contributed by atoms with E-state index in [1.807, 2.05) is 48.1 Å². The molecule has 6 heteroatoms. The van der Waals surface area contributed by atoms with Crippen LogP contribution in [-0.2, 0) is 23.6 Å². The molecule has 124 valence electrons. The van der Waals surface area contributed by atoms with Gasteiger partial charge in [0.15, 0.2) is 0 Å². The number of rotatable bonds is 5. The maximum atomic E-state index is 13.3. The van der Waals surface area contributed by atoms with Crippen molar-refractivity contribution in [1.82, 2.24) is 13.9 Å². The average molecular weight is 341 g/mol. The molecule has 5 nitrogen and oxygen atoms in total. The number of pyridine rings is 1. The van der Waals surface area contributed by atoms with E-state index < -0.39 is 10.0 Å². The molecule has 0 bridgehead atoms. The summed E-state index contributed by atoms with van der Waals surface area (Å²) < 4.78 is 30.3. The molecular formula is C18H19N3O2S. The second kappa shape index (κ2) is 5.72. The molecule has 0 N–H and O–H groups in total. The van der Waals surface area contributed by atoms with Gasteiger partial charge >= 0.3 is 0 Å². The predicted octanol–water partition coefficient (Wildman–Crippen LogP) is 2.93. The fraction of sp³-hybridized carbons (Fsp3) is 0.278. The lowest BCUT2D eigenvalue weighted by atomic mass is 10.2. The van der Waals surface area contributed by atoms with Gasteiger partial charge in [-0.3, -0.25) is 4.98 Å². The SMILES string of the molecule is Cn1cccc1CN(C1CC1)S(=O)(=O)c1cccc2cccnc12. The topological polar surface area (TPSA) is 55.2 Å². The fourth-order valence-electron chi connectivity index (χ4n) is 3.00. The van der Waals surface area contributed by atoms with Gasteiger partial charge in [0.25, 0.3) is 0 Å². The quantitative estimate of drug-likeness (QED) is 0.717. The highest BCUT2D eigenvalue weighted by molar-refractivity contribution is 7.89. The van der Waals surface area contributed by atoms with Crippen LogP contribution in [-0.4, -0.2) is 28.3 Å². The molecule has 1 aliphatic carbocycles. The summed E-state index contributed by atoms with van der Waals surface area (Å²) in [5.74, 6) is 0. The Kier molecular flexibility index (Phi) is 3.66. The van der Waals surface area contributed by atoms with Gasteiger partial charge in [-0.15, -0.1) is 0 Å². The molecule has 0 atom stereocenters. The summed E-state index contributed by atoms with van der Waals surface area (Å²) in [5.41, 5.74) is 1.52. The van der Waals surface area contributed by atoms with Crippen LogP contribution in [0.2, 0.25) is 0 Å². The van der Waals surface area contributed by atoms with E-state index in [4.69, 9.17) is 0 Å². The molecule has 0 unspecified atom stereocenters. The maximum absolute atomic E-state index is 13.3. The third-order valence-electron chi connectivity index (χ3n) is 4.51. The molecule has 3 aromatic rings. The van der Waals surface area contributed by atoms with Crippen LogP contribution >= 0.6 is 0 Å². The van der Waals surface area contributed by atoms with Crippen molar-refractivity contribution >= 4 is 20.9 Å². The number of benzene rings is 1. The smallest absolute Gasteiger partial charge is 0.245 e. The van der Waals surface area contributed by atoms with E-state index in [2.05, 4.69) is 4.98 Å². The molecule has 0 saturated heterocycles. The molecule has 2 heterocycles. The number of sulfonamides is 1. The molecule has 1 saturated carbocycles. The lowest BCUT2D eigenvalue weighted by Crippen LogP contribution is -2.33. The second-order valence-electron chi connectivity index (χ2n) is 6.22. The van der Waals surface area contributed by atoms with Gasteiger partial charge in [-0.1, -0.05) is 18.2 Å². The Labute approximate surface area is 141 Å². The first kappa shape index (κ1) is 15.4. The van der Waals surface area contributed by atoms with E-state index in [9.17, 15) is 8.42 Å². The van der Waals surface area contributed by atoms with Gasteiger partial charge in [-0.25, -0.2) is 8.42 Å². The van der Waals surface area contributed by atoms with Crippen molar-refractivity contribution < 1.29 is 8.42 Å². The highest BCUT2D eigenvalue weighted by Gasteiger charge is 2.39. The molecule has 1 aliphatic rings. The van der Waals surface area contributed by atoms with Gasteiger partial charge in [0.2, 0.25) is 10.0 Å². The first-order valence-electron chi connectivity index (χ1n) is 8.03. The molecule has 0 amide bonds. The summed E-state index contributed by atoms with van der Waals surface area (Å²) in [6.45, 7) is 0.389. The van der Waals surface area contributed by atoms with Crippen molar-refractivity contribution in [3.63, 3.8) is 0 Å². The molecule has 1 fully saturated rings. The van der Waals surface area contributed by atoms with E-state index in [0.29, 0.717) is 17.0 Å². The molecule has 0 radical (unpaired) electrons. The van der Waals surface area contributed by atoms with E-state index in [1.54, 1.807) is 22.6 Å². The summed E-state index contributed by atoms with van der Waals surface area (Å²) in [6, 6.07) is 13.0. The highest BCUT2D eigenvalue weighted by atomic mass is 32.2. The third kappa shape index (κ3) is 2.61. The molecular weight excluding hydrogens is 322 g/mol. The Morgan fingerprint density at radius 1 is 1.17 bits per heavy atom. The Balaban J connectivity index is 1.80. The van der Waals surface area contributed by atoms with Crippen molar-refractivity contribution in [3.05, 3.63) is 60.6 Å². The van der Waals surface area contributed by atoms with E-state index in [1.165, 1.54) is 0 Å². The first-order valence-corrected chi connectivity index (χ1v) is 9.47. The van der Waals surface area contributed by atoms with Crippen LogP contribution in [0, 0.1) is 0 Å². The summed E-state index contributed by atoms with van der Waals surface area (Å²) in [5, 5.41) is 0.841. The van der Waals surface area contributed by atoms with Gasteiger partial charge in [0.1, 0.15) is 4.90 Å². The molecule has 24 heavy (non-hydrogen) atoms. The van der Waals surface area contributed by atoms with Gasteiger partial charge in [0.05, 0.1) is 12.1 Å². The number of aryl methyl sites for hydroxylation is 1. The van der Waals surface area contributed by atoms with Crippen LogP contribution in [0.5, 0.6) is 0 Å². The second-order valence-corrected chi connectivity index (χ2v) is 8.08. The van der Waals surface area contributed by atoms with Crippen LogP contribution in [0.25, 0.3) is 10.9 Å². The molecule has 0 aliphatic heterocycles. The van der Waals surface area contributed by atoms with Crippen LogP contribution in [0.3, 0.4) is 0 Å². The number of nitrogens with zero attached hydrogens (tertiary/aromatic N) is 3. The third-order valence-corrected chi connectivity index (χ3v) is 6.44. The lowest BCUT2D eigenvalue weighted by Gasteiger charge is -2.22. The van der Waals surface area contributed by atoms with E-state index >= 15 is 0 Å². The number of hydrogen-bond donors (Lipinski definition) is 0. The first-order chi connectivity index (χ1) is 11.6. The van der Waals surface area contributed by atoms with Crippen molar-refractivity contribution in [3.8, 4) is 0 Å². The number of para-hydroxylation sites is 1. The highest BCUT2D eigenvalue weighted by Crippen LogP contribution is 2.35. The minimum atomic E-state index is -3.60. The maximum Gasteiger partial charge on any atom is 0.245 e. The zero-order valence-electron chi connectivity index (χ0n) is 13.5. The molecule has 4 rings (SSSR count). The minimum Gasteiger partial charge on any atom is -0.353 e. The standard InChI is InChI=1S/C18H19N3O2S/c1-20-12-4-7-16(20)13-21(15-9-10-15)24(22,23)17-8-2-5-14-6-3-11-19-18(14)17/h2-8,11-12,15H,9-10,13H2,1H3. The lowest BCUT2D eigenvalue weighted by molar-refractivity contribution is 0.390. The minimum absolute atomic E-state index is 0.0869. The van der Waals surface area contributed by atoms with Crippen LogP contribution in [0.15, 0.2) is 59.8 Å². The number of aromatic nitrogens is 2. The van der Waals surface area contributed by atoms with Gasteiger partial charge < -0.3 is 4.57 Å². The summed E-state index contributed by atoms with van der Waals surface area (Å²) in [6.07, 6.45) is 5.41. The van der Waals surface area contributed by atoms with Crippen molar-refractivity contribution in [1.29, 1.82) is 0 Å². The van der Waals surface area contributed by atoms with Crippen LogP contribution < -0.4 is 0 Å². The van der Waals surface area contributed by atoms with Crippen molar-refractivity contribution in [2.75, 3.05) is 0 Å². The Bertz CT molecular complexity index is 985. The Morgan fingerprint density at radius 2 is 1.96 bits per heavy atom. The summed E-state index contributed by atoms with van der Waals surface area (Å²) in [7, 11) is -1.66. The Morgan fingerprint density at radius 3 is 2.67 bits per heavy atom. The average Bonchev–Trinajstić information content (AvgIpc) is 3.34. The number of hydrogen-bond acceptors (Lipinski definition) is 3. The molecule has 2 aromatic heterocycles. The largest absolute Gasteiger partial charge is 0.353 e. The van der Waals surface area contributed by atoms with E-state index in [0.717, 1.165) is 23.9 Å². The van der Waals surface area contributed by atoms with Crippen LogP contribution in [0.1, 0.15) is 18.5 Å². The van der Waals surface area contributed by atoms with Crippen LogP contribution in [0.4, 0.5) is 0 Å². The zero-order valence-corrected chi connectivity index (χ0v) is 14.3. The monoisotopic (exact) mass is 341 g/mol. The molecule has 1 aromatic carbocycles. The van der Waals surface area contributed by atoms with Gasteiger partial charge in [-0.05, 0) is 37.1 Å². The fourth-order valence-corrected chi connectivity index (χ4v) is 4.83. The predicted molar refractivity (Wildman–Crippen MR) is 92.9 cm³/mol. The Hall–Kier alpha value is -2.18.